The molecule has 12 heteroatoms. The first-order valence-corrected chi connectivity index (χ1v) is 27.4. The number of rotatable bonds is 48. The molecule has 64 heavy (non-hydrogen) atoms. The summed E-state index contributed by atoms with van der Waals surface area (Å²) in [6.45, 7) is 4.49. The quantitative estimate of drug-likeness (QED) is 0.0197. The summed E-state index contributed by atoms with van der Waals surface area (Å²) < 4.78 is 39.3. The Morgan fingerprint density at radius 1 is 0.453 bits per heavy atom. The van der Waals surface area contributed by atoms with Crippen molar-refractivity contribution in [3.63, 3.8) is 0 Å². The number of hydrogen-bond acceptors (Lipinski definition) is 10. The maximum absolute atomic E-state index is 12.8. The number of aliphatic hydroxyl groups excluding tert-OH is 1. The summed E-state index contributed by atoms with van der Waals surface area (Å²) in [7, 11) is -4.73. The number of unbranched alkanes of at least 4 members (excludes halogenated alkanes) is 25. The van der Waals surface area contributed by atoms with Gasteiger partial charge in [0.1, 0.15) is 12.7 Å². The molecule has 0 aliphatic heterocycles. The lowest BCUT2D eigenvalue weighted by Gasteiger charge is -2.21. The molecule has 0 bridgehead atoms. The first-order valence-electron chi connectivity index (χ1n) is 25.9. The third kappa shape index (κ3) is 44.9. The van der Waals surface area contributed by atoms with Gasteiger partial charge in [-0.05, 0) is 51.4 Å². The first-order chi connectivity index (χ1) is 31.2. The number of allylic oxidation sites excluding steroid dienone is 6. The van der Waals surface area contributed by atoms with E-state index in [1.807, 2.05) is 0 Å². The van der Waals surface area contributed by atoms with Crippen LogP contribution in [0.2, 0.25) is 0 Å². The van der Waals surface area contributed by atoms with Crippen molar-refractivity contribution >= 4 is 25.7 Å². The lowest BCUT2D eigenvalue weighted by Crippen LogP contribution is -2.30. The minimum atomic E-state index is -4.73. The number of phosphoric acid groups is 1. The molecule has 0 amide bonds. The highest BCUT2D eigenvalue weighted by molar-refractivity contribution is 7.47. The topological polar surface area (TPSA) is 155 Å². The van der Waals surface area contributed by atoms with Crippen LogP contribution < -0.4 is 0 Å². The van der Waals surface area contributed by atoms with Crippen LogP contribution >= 0.6 is 7.82 Å². The Morgan fingerprint density at radius 3 is 1.25 bits per heavy atom. The van der Waals surface area contributed by atoms with Gasteiger partial charge < -0.3 is 24.2 Å². The Labute approximate surface area is 390 Å². The summed E-state index contributed by atoms with van der Waals surface area (Å²) in [5, 5.41) is 9.74. The van der Waals surface area contributed by atoms with E-state index in [9.17, 15) is 28.9 Å². The van der Waals surface area contributed by atoms with E-state index in [2.05, 4.69) is 57.2 Å². The normalized spacial score (nSPS) is 13.8. The lowest BCUT2D eigenvalue weighted by atomic mass is 10.0. The van der Waals surface area contributed by atoms with E-state index in [4.69, 9.17) is 23.3 Å². The van der Waals surface area contributed by atoms with Crippen LogP contribution in [0.1, 0.15) is 239 Å². The van der Waals surface area contributed by atoms with Crippen molar-refractivity contribution in [2.75, 3.05) is 26.4 Å². The van der Waals surface area contributed by atoms with Crippen molar-refractivity contribution in [2.45, 2.75) is 251 Å². The first kappa shape index (κ1) is 61.7. The summed E-state index contributed by atoms with van der Waals surface area (Å²) in [5.74, 6) is -1.47. The number of aliphatic hydroxyl groups is 1. The Kier molecular flexibility index (Phi) is 45.5. The zero-order valence-corrected chi connectivity index (χ0v) is 41.9. The van der Waals surface area contributed by atoms with E-state index in [1.54, 1.807) is 0 Å². The molecule has 2 N–H and O–H groups in total. The molecule has 0 fully saturated rings. The standard InChI is InChI=1S/C52H95O11P/c1-4-7-10-13-16-19-21-23-24-26-27-30-32-35-38-41-50(54)59-45-49(63-52(56)43-40-37-34-31-28-25-22-20-17-14-11-8-5-2)47-61-64(57,58)60-46-48(44-53)62-51(55)42-39-36-33-29-18-15-12-9-6-3/h7,10,16,19,23-24,48-49,53H,4-6,8-9,11-15,17-18,20-22,25-47H2,1-3H3,(H,57,58)/b10-7-,19-16-,24-23-. The van der Waals surface area contributed by atoms with Crippen LogP contribution in [-0.4, -0.2) is 66.5 Å². The largest absolute Gasteiger partial charge is 0.472 e. The van der Waals surface area contributed by atoms with E-state index >= 15 is 0 Å². The molecule has 0 rings (SSSR count). The molecule has 374 valence electrons. The summed E-state index contributed by atoms with van der Waals surface area (Å²) in [6, 6.07) is 0. The maximum Gasteiger partial charge on any atom is 0.472 e. The van der Waals surface area contributed by atoms with Gasteiger partial charge in [-0.25, -0.2) is 4.57 Å². The fourth-order valence-electron chi connectivity index (χ4n) is 7.14. The third-order valence-corrected chi connectivity index (χ3v) is 12.0. The predicted octanol–water partition coefficient (Wildman–Crippen LogP) is 14.5. The van der Waals surface area contributed by atoms with Gasteiger partial charge in [0.2, 0.25) is 0 Å². The number of carbonyl (C=O) groups is 3. The molecule has 3 unspecified atom stereocenters. The van der Waals surface area contributed by atoms with Gasteiger partial charge in [-0.15, -0.1) is 0 Å². The molecule has 0 aromatic heterocycles. The van der Waals surface area contributed by atoms with E-state index < -0.39 is 57.8 Å². The number of ether oxygens (including phenoxy) is 3. The van der Waals surface area contributed by atoms with E-state index in [0.29, 0.717) is 19.3 Å². The smallest absolute Gasteiger partial charge is 0.462 e. The Balaban J connectivity index is 4.75. The summed E-state index contributed by atoms with van der Waals surface area (Å²) in [5.41, 5.74) is 0. The Morgan fingerprint density at radius 2 is 0.812 bits per heavy atom. The van der Waals surface area contributed by atoms with Crippen molar-refractivity contribution in [1.82, 2.24) is 0 Å². The number of carbonyl (C=O) groups excluding carboxylic acids is 3. The van der Waals surface area contributed by atoms with Gasteiger partial charge >= 0.3 is 25.7 Å². The van der Waals surface area contributed by atoms with Crippen molar-refractivity contribution in [2.24, 2.45) is 0 Å². The SMILES string of the molecule is CC/C=C\C/C=C\C/C=C\CCCCCCCC(=O)OCC(COP(=O)(O)OCC(CO)OC(=O)CCCCCCCCCCC)OC(=O)CCCCCCCCCCCCCCC. The molecule has 0 aromatic rings. The van der Waals surface area contributed by atoms with Gasteiger partial charge in [0, 0.05) is 19.3 Å². The van der Waals surface area contributed by atoms with E-state index in [0.717, 1.165) is 89.9 Å². The second kappa shape index (κ2) is 47.2. The molecule has 11 nitrogen and oxygen atoms in total. The molecule has 0 aliphatic rings. The molecule has 0 heterocycles. The minimum absolute atomic E-state index is 0.169. The second-order valence-electron chi connectivity index (χ2n) is 17.3. The molecule has 3 atom stereocenters. The molecule has 0 spiro atoms. The average Bonchev–Trinajstić information content (AvgIpc) is 3.28. The van der Waals surface area contributed by atoms with Crippen LogP contribution in [0, 0.1) is 0 Å². The molecule has 0 saturated carbocycles. The van der Waals surface area contributed by atoms with Gasteiger partial charge in [0.25, 0.3) is 0 Å². The monoisotopic (exact) mass is 927 g/mol. The van der Waals surface area contributed by atoms with E-state index in [1.165, 1.54) is 89.9 Å². The third-order valence-electron chi connectivity index (χ3n) is 11.1. The molecular formula is C52H95O11P. The van der Waals surface area contributed by atoms with Crippen molar-refractivity contribution in [3.05, 3.63) is 36.5 Å². The predicted molar refractivity (Wildman–Crippen MR) is 261 cm³/mol. The zero-order valence-electron chi connectivity index (χ0n) is 41.0. The fraction of sp³-hybridized carbons (Fsp3) is 0.827. The minimum Gasteiger partial charge on any atom is -0.462 e. The second-order valence-corrected chi connectivity index (χ2v) is 18.8. The van der Waals surface area contributed by atoms with Crippen molar-refractivity contribution < 1.29 is 52.2 Å². The Hall–Kier alpha value is -2.30. The van der Waals surface area contributed by atoms with Crippen LogP contribution in [0.3, 0.4) is 0 Å². The van der Waals surface area contributed by atoms with Crippen LogP contribution in [0.25, 0.3) is 0 Å². The van der Waals surface area contributed by atoms with Crippen LogP contribution in [0.5, 0.6) is 0 Å². The molecule has 0 saturated heterocycles. The van der Waals surface area contributed by atoms with Gasteiger partial charge in [0.15, 0.2) is 6.10 Å². The molecule has 0 aromatic carbocycles. The van der Waals surface area contributed by atoms with Crippen molar-refractivity contribution in [3.8, 4) is 0 Å². The van der Waals surface area contributed by atoms with Gasteiger partial charge in [-0.1, -0.05) is 205 Å². The number of esters is 3. The number of hydrogen-bond donors (Lipinski definition) is 2. The highest BCUT2D eigenvalue weighted by atomic mass is 31.2. The van der Waals surface area contributed by atoms with Crippen molar-refractivity contribution in [1.29, 1.82) is 0 Å². The van der Waals surface area contributed by atoms with Gasteiger partial charge in [-0.2, -0.15) is 0 Å². The van der Waals surface area contributed by atoms with Crippen LogP contribution in [0.4, 0.5) is 0 Å². The average molecular weight is 927 g/mol. The zero-order chi connectivity index (χ0) is 47.0. The maximum atomic E-state index is 12.8. The lowest BCUT2D eigenvalue weighted by molar-refractivity contribution is -0.161. The van der Waals surface area contributed by atoms with Crippen LogP contribution in [0.15, 0.2) is 36.5 Å². The molecular weight excluding hydrogens is 832 g/mol. The van der Waals surface area contributed by atoms with E-state index in [-0.39, 0.29) is 25.9 Å². The molecule has 0 radical (unpaired) electrons. The van der Waals surface area contributed by atoms with Crippen LogP contribution in [-0.2, 0) is 42.2 Å². The van der Waals surface area contributed by atoms with Gasteiger partial charge in [-0.3, -0.25) is 23.4 Å². The Bertz CT molecular complexity index is 1220. The highest BCUT2D eigenvalue weighted by Gasteiger charge is 2.28. The highest BCUT2D eigenvalue weighted by Crippen LogP contribution is 2.43. The summed E-state index contributed by atoms with van der Waals surface area (Å²) in [6.07, 6.45) is 45.5. The van der Waals surface area contributed by atoms with Gasteiger partial charge in [0.05, 0.1) is 19.8 Å². The molecule has 0 aliphatic carbocycles. The summed E-state index contributed by atoms with van der Waals surface area (Å²) in [4.78, 5) is 48.2. The summed E-state index contributed by atoms with van der Waals surface area (Å²) >= 11 is 0. The number of phosphoric ester groups is 1. The fourth-order valence-corrected chi connectivity index (χ4v) is 7.92.